The van der Waals surface area contributed by atoms with Crippen LogP contribution < -0.4 is 16.4 Å². The van der Waals surface area contributed by atoms with Crippen LogP contribution in [0.5, 0.6) is 0 Å². The first-order valence-corrected chi connectivity index (χ1v) is 4.97. The van der Waals surface area contributed by atoms with Gasteiger partial charge in [-0.1, -0.05) is 0 Å². The average molecular weight is 215 g/mol. The third-order valence-corrected chi connectivity index (χ3v) is 2.40. The largest absolute Gasteiger partial charge is 0.370 e. The lowest BCUT2D eigenvalue weighted by molar-refractivity contribution is -0.132. The molecule has 1 aliphatic rings. The number of hydrogen-bond acceptors (Lipinski definition) is 4. The number of rotatable bonds is 4. The van der Waals surface area contributed by atoms with Gasteiger partial charge in [0.1, 0.15) is 6.10 Å². The van der Waals surface area contributed by atoms with Crippen molar-refractivity contribution in [2.24, 2.45) is 5.73 Å². The monoisotopic (exact) mass is 215 g/mol. The third-order valence-electron chi connectivity index (χ3n) is 2.40. The Morgan fingerprint density at radius 3 is 3.00 bits per heavy atom. The molecule has 0 aliphatic carbocycles. The number of carbonyl (C=O) groups excluding carboxylic acids is 2. The molecule has 0 aromatic rings. The minimum Gasteiger partial charge on any atom is -0.370 e. The molecule has 2 amide bonds. The molecule has 1 fully saturated rings. The van der Waals surface area contributed by atoms with Gasteiger partial charge in [0.05, 0.1) is 0 Å². The van der Waals surface area contributed by atoms with Crippen LogP contribution in [-0.4, -0.2) is 44.2 Å². The number of piperidine rings is 1. The molecule has 1 rings (SSSR count). The number of carbonyl (C=O) groups is 2. The van der Waals surface area contributed by atoms with Gasteiger partial charge < -0.3 is 21.1 Å². The maximum atomic E-state index is 11.5. The van der Waals surface area contributed by atoms with Crippen LogP contribution in [0.2, 0.25) is 0 Å². The highest BCUT2D eigenvalue weighted by Gasteiger charge is 2.23. The van der Waals surface area contributed by atoms with Gasteiger partial charge in [0.25, 0.3) is 5.91 Å². The van der Waals surface area contributed by atoms with Crippen LogP contribution in [0.4, 0.5) is 0 Å². The van der Waals surface area contributed by atoms with E-state index < -0.39 is 6.10 Å². The van der Waals surface area contributed by atoms with Gasteiger partial charge >= 0.3 is 0 Å². The zero-order valence-electron chi connectivity index (χ0n) is 8.79. The highest BCUT2D eigenvalue weighted by Crippen LogP contribution is 2.03. The van der Waals surface area contributed by atoms with Crippen molar-refractivity contribution in [2.45, 2.75) is 25.0 Å². The molecule has 6 nitrogen and oxygen atoms in total. The van der Waals surface area contributed by atoms with Gasteiger partial charge in [0, 0.05) is 32.7 Å². The topological polar surface area (TPSA) is 93.4 Å². The first-order chi connectivity index (χ1) is 7.17. The second-order valence-corrected chi connectivity index (χ2v) is 3.51. The van der Waals surface area contributed by atoms with Crippen LogP contribution >= 0.6 is 0 Å². The summed E-state index contributed by atoms with van der Waals surface area (Å²) in [6.07, 6.45) is 0.506. The molecule has 4 N–H and O–H groups in total. The highest BCUT2D eigenvalue weighted by molar-refractivity contribution is 5.82. The summed E-state index contributed by atoms with van der Waals surface area (Å²) in [5.41, 5.74) is 5.36. The Kier molecular flexibility index (Phi) is 4.51. The van der Waals surface area contributed by atoms with E-state index in [0.29, 0.717) is 19.4 Å². The fourth-order valence-corrected chi connectivity index (χ4v) is 1.46. The van der Waals surface area contributed by atoms with Crippen molar-refractivity contribution in [1.29, 1.82) is 0 Å². The minimum absolute atomic E-state index is 0.0144. The van der Waals surface area contributed by atoms with E-state index >= 15 is 0 Å². The Bertz CT molecular complexity index is 231. The first-order valence-electron chi connectivity index (χ1n) is 4.97. The van der Waals surface area contributed by atoms with Crippen LogP contribution in [0, 0.1) is 0 Å². The molecule has 2 atom stereocenters. The molecule has 0 spiro atoms. The van der Waals surface area contributed by atoms with Crippen molar-refractivity contribution in [3.05, 3.63) is 0 Å². The molecular weight excluding hydrogens is 198 g/mol. The number of nitrogens with one attached hydrogen (secondary N) is 2. The predicted octanol–water partition coefficient (Wildman–Crippen LogP) is -1.65. The molecule has 1 aliphatic heterocycles. The van der Waals surface area contributed by atoms with E-state index in [2.05, 4.69) is 10.6 Å². The lowest BCUT2D eigenvalue weighted by atomic mass is 10.1. The molecule has 1 saturated heterocycles. The van der Waals surface area contributed by atoms with Crippen molar-refractivity contribution in [1.82, 2.24) is 10.6 Å². The smallest absolute Gasteiger partial charge is 0.250 e. The summed E-state index contributed by atoms with van der Waals surface area (Å²) in [6.45, 7) is 0.632. The molecule has 0 aromatic heterocycles. The Labute approximate surface area is 88.5 Å². The first kappa shape index (κ1) is 11.9. The van der Waals surface area contributed by atoms with Crippen molar-refractivity contribution < 1.29 is 14.3 Å². The van der Waals surface area contributed by atoms with Crippen LogP contribution in [0.1, 0.15) is 12.8 Å². The van der Waals surface area contributed by atoms with Gasteiger partial charge in [-0.25, -0.2) is 0 Å². The number of hydrogen-bond donors (Lipinski definition) is 3. The third kappa shape index (κ3) is 3.49. The van der Waals surface area contributed by atoms with Crippen molar-refractivity contribution >= 4 is 11.8 Å². The summed E-state index contributed by atoms with van der Waals surface area (Å²) in [5.74, 6) is -0.191. The molecular formula is C9H17N3O3. The predicted molar refractivity (Wildman–Crippen MR) is 54.0 cm³/mol. The summed E-state index contributed by atoms with van der Waals surface area (Å²) < 4.78 is 4.90. The zero-order valence-corrected chi connectivity index (χ0v) is 8.79. The molecule has 2 unspecified atom stereocenters. The van der Waals surface area contributed by atoms with Crippen molar-refractivity contribution in [3.63, 3.8) is 0 Å². The average Bonchev–Trinajstić information content (AvgIpc) is 2.23. The van der Waals surface area contributed by atoms with Crippen LogP contribution in [-0.2, 0) is 14.3 Å². The van der Waals surface area contributed by atoms with E-state index in [9.17, 15) is 9.59 Å². The molecule has 0 aromatic carbocycles. The van der Waals surface area contributed by atoms with Crippen molar-refractivity contribution in [2.75, 3.05) is 20.2 Å². The standard InChI is InChI=1S/C9H17N3O3/c1-15-7(4-10)9(14)12-6-2-3-8(13)11-5-6/h6-7H,2-5,10H2,1H3,(H,11,13)(H,12,14). The lowest BCUT2D eigenvalue weighted by Gasteiger charge is -2.25. The summed E-state index contributed by atoms with van der Waals surface area (Å²) in [5, 5.41) is 5.47. The van der Waals surface area contributed by atoms with E-state index in [1.807, 2.05) is 0 Å². The summed E-state index contributed by atoms with van der Waals surface area (Å²) >= 11 is 0. The fourth-order valence-electron chi connectivity index (χ4n) is 1.46. The Morgan fingerprint density at radius 2 is 2.53 bits per heavy atom. The maximum absolute atomic E-state index is 11.5. The molecule has 86 valence electrons. The molecule has 1 heterocycles. The van der Waals surface area contributed by atoms with Crippen molar-refractivity contribution in [3.8, 4) is 0 Å². The van der Waals surface area contributed by atoms with Gasteiger partial charge in [-0.3, -0.25) is 9.59 Å². The summed E-state index contributed by atoms with van der Waals surface area (Å²) in [6, 6.07) is -0.0144. The highest BCUT2D eigenvalue weighted by atomic mass is 16.5. The Morgan fingerprint density at radius 1 is 1.80 bits per heavy atom. The molecule has 0 radical (unpaired) electrons. The number of amides is 2. The van der Waals surface area contributed by atoms with Gasteiger partial charge in [-0.05, 0) is 6.42 Å². The quantitative estimate of drug-likeness (QED) is 0.524. The van der Waals surface area contributed by atoms with Crippen LogP contribution in [0.3, 0.4) is 0 Å². The summed E-state index contributed by atoms with van der Waals surface area (Å²) in [4.78, 5) is 22.4. The van der Waals surface area contributed by atoms with Gasteiger partial charge in [0.15, 0.2) is 0 Å². The number of ether oxygens (including phenoxy) is 1. The fraction of sp³-hybridized carbons (Fsp3) is 0.778. The number of nitrogens with two attached hydrogens (primary N) is 1. The van der Waals surface area contributed by atoms with Gasteiger partial charge in [0.2, 0.25) is 5.91 Å². The second-order valence-electron chi connectivity index (χ2n) is 3.51. The van der Waals surface area contributed by atoms with E-state index in [1.54, 1.807) is 0 Å². The van der Waals surface area contributed by atoms with E-state index in [1.165, 1.54) is 7.11 Å². The molecule has 15 heavy (non-hydrogen) atoms. The zero-order chi connectivity index (χ0) is 11.3. The Hall–Kier alpha value is -1.14. The van der Waals surface area contributed by atoms with Gasteiger partial charge in [-0.2, -0.15) is 0 Å². The minimum atomic E-state index is -0.609. The van der Waals surface area contributed by atoms with Crippen LogP contribution in [0.25, 0.3) is 0 Å². The normalized spacial score (nSPS) is 23.1. The maximum Gasteiger partial charge on any atom is 0.250 e. The second kappa shape index (κ2) is 5.67. The van der Waals surface area contributed by atoms with E-state index in [-0.39, 0.29) is 24.4 Å². The lowest BCUT2D eigenvalue weighted by Crippen LogP contribution is -2.51. The van der Waals surface area contributed by atoms with Gasteiger partial charge in [-0.15, -0.1) is 0 Å². The van der Waals surface area contributed by atoms with E-state index in [0.717, 1.165) is 0 Å². The number of methoxy groups -OCH3 is 1. The summed E-state index contributed by atoms with van der Waals surface area (Å²) in [7, 11) is 1.44. The molecule has 0 saturated carbocycles. The SMILES string of the molecule is COC(CN)C(=O)NC1CCC(=O)NC1. The molecule has 6 heteroatoms. The van der Waals surface area contributed by atoms with E-state index in [4.69, 9.17) is 10.5 Å². The van der Waals surface area contributed by atoms with Crippen LogP contribution in [0.15, 0.2) is 0 Å². The molecule has 0 bridgehead atoms. The Balaban J connectivity index is 2.34.